The topological polar surface area (TPSA) is 90.9 Å². The summed E-state index contributed by atoms with van der Waals surface area (Å²) in [6, 6.07) is 5.42. The number of carbonyl (C=O) groups is 1. The molecule has 1 aliphatic carbocycles. The lowest BCUT2D eigenvalue weighted by Crippen LogP contribution is -2.38. The van der Waals surface area contributed by atoms with Crippen LogP contribution in [0.25, 0.3) is 11.3 Å². The second-order valence-electron chi connectivity index (χ2n) is 5.95. The summed E-state index contributed by atoms with van der Waals surface area (Å²) in [5.41, 5.74) is 1.90. The van der Waals surface area contributed by atoms with Gasteiger partial charge in [0.05, 0.1) is 12.3 Å². The average Bonchev–Trinajstić information content (AvgIpc) is 3.24. The highest BCUT2D eigenvalue weighted by atomic mass is 16.3. The molecule has 2 heterocycles. The molecule has 0 saturated heterocycles. The van der Waals surface area contributed by atoms with Crippen LogP contribution in [0.2, 0.25) is 0 Å². The zero-order chi connectivity index (χ0) is 15.4. The molecule has 3 rings (SSSR count). The van der Waals surface area contributed by atoms with E-state index in [2.05, 4.69) is 20.5 Å². The molecule has 2 aromatic heterocycles. The van der Waals surface area contributed by atoms with Crippen LogP contribution in [0, 0.1) is 5.41 Å². The van der Waals surface area contributed by atoms with E-state index in [0.29, 0.717) is 17.9 Å². The summed E-state index contributed by atoms with van der Waals surface area (Å²) in [6.07, 6.45) is 7.55. The molecule has 1 amide bonds. The Bertz CT molecular complexity index is 633. The van der Waals surface area contributed by atoms with Crippen LogP contribution in [-0.4, -0.2) is 39.3 Å². The van der Waals surface area contributed by atoms with Crippen molar-refractivity contribution in [1.29, 1.82) is 0 Å². The third kappa shape index (κ3) is 3.01. The normalized spacial score (nSPS) is 16.6. The summed E-state index contributed by atoms with van der Waals surface area (Å²) in [4.78, 5) is 16.2. The second kappa shape index (κ2) is 6.27. The predicted molar refractivity (Wildman–Crippen MR) is 82.1 cm³/mol. The summed E-state index contributed by atoms with van der Waals surface area (Å²) in [6.45, 7) is 0.629. The summed E-state index contributed by atoms with van der Waals surface area (Å²) in [7, 11) is 0. The molecule has 0 unspecified atom stereocenters. The number of carbonyl (C=O) groups excluding carboxylic acids is 1. The van der Waals surface area contributed by atoms with Gasteiger partial charge in [-0.15, -0.1) is 0 Å². The van der Waals surface area contributed by atoms with Gasteiger partial charge in [-0.2, -0.15) is 5.10 Å². The Kier molecular flexibility index (Phi) is 4.20. The smallest absolute Gasteiger partial charge is 0.269 e. The monoisotopic (exact) mass is 300 g/mol. The van der Waals surface area contributed by atoms with Crippen molar-refractivity contribution in [2.45, 2.75) is 25.7 Å². The lowest BCUT2D eigenvalue weighted by molar-refractivity contribution is 0.0876. The fourth-order valence-corrected chi connectivity index (χ4v) is 2.99. The Labute approximate surface area is 129 Å². The standard InChI is InChI=1S/C16H20N4O2/c21-11-16(5-1-2-6-16)10-18-15(22)14-9-13(19-20-14)12-3-7-17-8-4-12/h3-4,7-9,21H,1-2,5-6,10-11H2,(H,18,22)(H,19,20). The number of nitrogens with one attached hydrogen (secondary N) is 2. The minimum Gasteiger partial charge on any atom is -0.396 e. The van der Waals surface area contributed by atoms with Crippen molar-refractivity contribution < 1.29 is 9.90 Å². The van der Waals surface area contributed by atoms with Crippen molar-refractivity contribution in [2.75, 3.05) is 13.2 Å². The molecule has 6 heteroatoms. The molecular formula is C16H20N4O2. The summed E-state index contributed by atoms with van der Waals surface area (Å²) in [5, 5.41) is 19.4. The van der Waals surface area contributed by atoms with Crippen molar-refractivity contribution >= 4 is 5.91 Å². The lowest BCUT2D eigenvalue weighted by Gasteiger charge is -2.26. The molecule has 0 bridgehead atoms. The van der Waals surface area contributed by atoms with E-state index in [4.69, 9.17) is 0 Å². The van der Waals surface area contributed by atoms with Gasteiger partial charge in [-0.25, -0.2) is 0 Å². The molecule has 0 spiro atoms. The van der Waals surface area contributed by atoms with Gasteiger partial charge in [0.1, 0.15) is 5.69 Å². The molecule has 1 fully saturated rings. The third-order valence-corrected chi connectivity index (χ3v) is 4.42. The Morgan fingerprint density at radius 2 is 2.05 bits per heavy atom. The van der Waals surface area contributed by atoms with Gasteiger partial charge in [-0.1, -0.05) is 12.8 Å². The molecule has 1 aliphatic rings. The van der Waals surface area contributed by atoms with Crippen LogP contribution in [0.5, 0.6) is 0 Å². The van der Waals surface area contributed by atoms with Gasteiger partial charge < -0.3 is 10.4 Å². The summed E-state index contributed by atoms with van der Waals surface area (Å²) < 4.78 is 0. The Morgan fingerprint density at radius 1 is 1.32 bits per heavy atom. The van der Waals surface area contributed by atoms with E-state index in [9.17, 15) is 9.90 Å². The summed E-state index contributed by atoms with van der Waals surface area (Å²) >= 11 is 0. The van der Waals surface area contributed by atoms with Gasteiger partial charge in [0.15, 0.2) is 0 Å². The fraction of sp³-hybridized carbons (Fsp3) is 0.438. The zero-order valence-electron chi connectivity index (χ0n) is 12.4. The Morgan fingerprint density at radius 3 is 2.73 bits per heavy atom. The molecule has 0 radical (unpaired) electrons. The van der Waals surface area contributed by atoms with E-state index in [1.54, 1.807) is 18.5 Å². The van der Waals surface area contributed by atoms with Gasteiger partial charge >= 0.3 is 0 Å². The number of aromatic nitrogens is 3. The molecule has 1 saturated carbocycles. The molecule has 0 aliphatic heterocycles. The fourth-order valence-electron chi connectivity index (χ4n) is 2.99. The molecule has 2 aromatic rings. The van der Waals surface area contributed by atoms with Crippen LogP contribution in [0.3, 0.4) is 0 Å². The van der Waals surface area contributed by atoms with Crippen LogP contribution < -0.4 is 5.32 Å². The van der Waals surface area contributed by atoms with Gasteiger partial charge in [0, 0.05) is 29.9 Å². The van der Waals surface area contributed by atoms with Gasteiger partial charge in [0.25, 0.3) is 5.91 Å². The van der Waals surface area contributed by atoms with Crippen molar-refractivity contribution in [1.82, 2.24) is 20.5 Å². The van der Waals surface area contributed by atoms with Crippen LogP contribution >= 0.6 is 0 Å². The van der Waals surface area contributed by atoms with Crippen LogP contribution in [0.1, 0.15) is 36.2 Å². The summed E-state index contributed by atoms with van der Waals surface area (Å²) in [5.74, 6) is -0.187. The number of aromatic amines is 1. The van der Waals surface area contributed by atoms with Gasteiger partial charge in [-0.3, -0.25) is 14.9 Å². The number of hydrogen-bond acceptors (Lipinski definition) is 4. The molecule has 0 atom stereocenters. The molecule has 22 heavy (non-hydrogen) atoms. The first-order valence-corrected chi connectivity index (χ1v) is 7.57. The van der Waals surface area contributed by atoms with Crippen LogP contribution in [0.4, 0.5) is 0 Å². The highest BCUT2D eigenvalue weighted by molar-refractivity contribution is 5.93. The largest absolute Gasteiger partial charge is 0.396 e. The number of nitrogens with zero attached hydrogens (tertiary/aromatic N) is 2. The maximum Gasteiger partial charge on any atom is 0.269 e. The molecule has 6 nitrogen and oxygen atoms in total. The number of H-pyrrole nitrogens is 1. The third-order valence-electron chi connectivity index (χ3n) is 4.42. The molecule has 0 aromatic carbocycles. The maximum absolute atomic E-state index is 12.2. The van der Waals surface area contributed by atoms with E-state index in [0.717, 1.165) is 31.2 Å². The minimum atomic E-state index is -0.187. The Hall–Kier alpha value is -2.21. The minimum absolute atomic E-state index is 0.124. The molecular weight excluding hydrogens is 280 g/mol. The first-order chi connectivity index (χ1) is 10.7. The van der Waals surface area contributed by atoms with E-state index < -0.39 is 0 Å². The van der Waals surface area contributed by atoms with E-state index in [1.807, 2.05) is 12.1 Å². The number of aliphatic hydroxyl groups is 1. The van der Waals surface area contributed by atoms with Crippen molar-refractivity contribution in [3.63, 3.8) is 0 Å². The molecule has 3 N–H and O–H groups in total. The van der Waals surface area contributed by atoms with Crippen molar-refractivity contribution in [3.05, 3.63) is 36.3 Å². The predicted octanol–water partition coefficient (Wildman–Crippen LogP) is 1.75. The first kappa shape index (κ1) is 14.7. The highest BCUT2D eigenvalue weighted by Gasteiger charge is 2.33. The lowest BCUT2D eigenvalue weighted by atomic mass is 9.87. The average molecular weight is 300 g/mol. The second-order valence-corrected chi connectivity index (χ2v) is 5.95. The number of amides is 1. The van der Waals surface area contributed by atoms with Crippen molar-refractivity contribution in [2.24, 2.45) is 5.41 Å². The van der Waals surface area contributed by atoms with Crippen molar-refractivity contribution in [3.8, 4) is 11.3 Å². The zero-order valence-corrected chi connectivity index (χ0v) is 12.4. The van der Waals surface area contributed by atoms with E-state index >= 15 is 0 Å². The highest BCUT2D eigenvalue weighted by Crippen LogP contribution is 2.36. The Balaban J connectivity index is 1.65. The van der Waals surface area contributed by atoms with E-state index in [-0.39, 0.29) is 17.9 Å². The first-order valence-electron chi connectivity index (χ1n) is 7.57. The van der Waals surface area contributed by atoms with Gasteiger partial charge in [-0.05, 0) is 31.0 Å². The quantitative estimate of drug-likeness (QED) is 0.784. The maximum atomic E-state index is 12.2. The van der Waals surface area contributed by atoms with Crippen LogP contribution in [-0.2, 0) is 0 Å². The van der Waals surface area contributed by atoms with E-state index in [1.165, 1.54) is 0 Å². The number of aliphatic hydroxyl groups excluding tert-OH is 1. The SMILES string of the molecule is O=C(NCC1(CO)CCCC1)c1cc(-c2ccncc2)n[nH]1. The van der Waals surface area contributed by atoms with Crippen LogP contribution in [0.15, 0.2) is 30.6 Å². The number of pyridine rings is 1. The number of hydrogen-bond donors (Lipinski definition) is 3. The number of rotatable bonds is 5. The van der Waals surface area contributed by atoms with Gasteiger partial charge in [0.2, 0.25) is 0 Å². The molecule has 116 valence electrons.